The summed E-state index contributed by atoms with van der Waals surface area (Å²) in [5.74, 6) is 0.167. The van der Waals surface area contributed by atoms with E-state index >= 15 is 4.39 Å². The number of benzene rings is 2. The maximum Gasteiger partial charge on any atom is 0.317 e. The molecule has 3 N–H and O–H groups in total. The normalized spacial score (nSPS) is 18.0. The van der Waals surface area contributed by atoms with Gasteiger partial charge in [0.1, 0.15) is 5.75 Å². The minimum atomic E-state index is -1.39. The van der Waals surface area contributed by atoms with E-state index in [2.05, 4.69) is 24.5 Å². The van der Waals surface area contributed by atoms with Gasteiger partial charge >= 0.3 is 6.03 Å². The third kappa shape index (κ3) is 8.65. The van der Waals surface area contributed by atoms with Crippen molar-refractivity contribution in [3.8, 4) is 11.5 Å². The van der Waals surface area contributed by atoms with Crippen LogP contribution in [-0.4, -0.2) is 62.5 Å². The van der Waals surface area contributed by atoms with E-state index in [0.717, 1.165) is 25.7 Å². The number of piperidine rings is 1. The zero-order valence-corrected chi connectivity index (χ0v) is 23.9. The van der Waals surface area contributed by atoms with Crippen LogP contribution in [0.5, 0.6) is 11.5 Å². The van der Waals surface area contributed by atoms with Gasteiger partial charge in [-0.15, -0.1) is 0 Å². The van der Waals surface area contributed by atoms with E-state index in [1.807, 2.05) is 25.2 Å². The molecule has 1 fully saturated rings. The number of hydrogen-bond acceptors (Lipinski definition) is 5. The second-order valence-electron chi connectivity index (χ2n) is 11.0. The SMILES string of the molecule is CNCC(CC(C)C)NC(=O)N1CCCC(C(O)(CCCCOC)c2cccc(F)c2Oc2ccccc2)C1. The van der Waals surface area contributed by atoms with E-state index in [9.17, 15) is 9.90 Å². The molecule has 0 spiro atoms. The van der Waals surface area contributed by atoms with Crippen molar-refractivity contribution in [1.82, 2.24) is 15.5 Å². The number of nitrogens with zero attached hydrogens (tertiary/aromatic N) is 1. The molecule has 216 valence electrons. The summed E-state index contributed by atoms with van der Waals surface area (Å²) >= 11 is 0. The van der Waals surface area contributed by atoms with Crippen molar-refractivity contribution in [1.29, 1.82) is 0 Å². The number of urea groups is 1. The molecule has 1 aliphatic heterocycles. The largest absolute Gasteiger partial charge is 0.454 e. The second kappa shape index (κ2) is 15.2. The molecule has 0 aliphatic carbocycles. The first-order valence-electron chi connectivity index (χ1n) is 14.2. The summed E-state index contributed by atoms with van der Waals surface area (Å²) in [6, 6.07) is 13.7. The highest BCUT2D eigenvalue weighted by atomic mass is 19.1. The number of rotatable bonds is 14. The predicted octanol–water partition coefficient (Wildman–Crippen LogP) is 5.68. The van der Waals surface area contributed by atoms with Crippen LogP contribution in [0.2, 0.25) is 0 Å². The number of hydrogen-bond donors (Lipinski definition) is 3. The highest BCUT2D eigenvalue weighted by Gasteiger charge is 2.43. The molecule has 0 radical (unpaired) electrons. The Morgan fingerprint density at radius 1 is 1.18 bits per heavy atom. The molecule has 8 heteroatoms. The maximum atomic E-state index is 15.3. The molecular weight excluding hydrogens is 497 g/mol. The van der Waals surface area contributed by atoms with Crippen LogP contribution in [0.1, 0.15) is 57.9 Å². The molecule has 2 aromatic rings. The third-order valence-corrected chi connectivity index (χ3v) is 7.47. The molecule has 3 unspecified atom stereocenters. The zero-order chi connectivity index (χ0) is 28.3. The van der Waals surface area contributed by atoms with Gasteiger partial charge < -0.3 is 30.1 Å². The molecule has 3 atom stereocenters. The maximum absolute atomic E-state index is 15.3. The molecule has 0 saturated carbocycles. The van der Waals surface area contributed by atoms with Crippen molar-refractivity contribution < 1.29 is 23.8 Å². The lowest BCUT2D eigenvalue weighted by atomic mass is 9.73. The Hall–Kier alpha value is -2.68. The highest BCUT2D eigenvalue weighted by molar-refractivity contribution is 5.74. The highest BCUT2D eigenvalue weighted by Crippen LogP contribution is 2.45. The molecular formula is C31H46FN3O4. The molecule has 3 rings (SSSR count). The van der Waals surface area contributed by atoms with E-state index in [-0.39, 0.29) is 23.7 Å². The van der Waals surface area contributed by atoms with E-state index in [1.165, 1.54) is 6.07 Å². The Balaban J connectivity index is 1.89. The number of ether oxygens (including phenoxy) is 2. The fraction of sp³-hybridized carbons (Fsp3) is 0.581. The van der Waals surface area contributed by atoms with Gasteiger partial charge in [-0.25, -0.2) is 9.18 Å². The number of carbonyl (C=O) groups excluding carboxylic acids is 1. The van der Waals surface area contributed by atoms with Crippen molar-refractivity contribution in [2.24, 2.45) is 11.8 Å². The molecule has 1 heterocycles. The molecule has 0 bridgehead atoms. The van der Waals surface area contributed by atoms with Gasteiger partial charge in [0, 0.05) is 50.9 Å². The van der Waals surface area contributed by atoms with Crippen LogP contribution in [0.4, 0.5) is 9.18 Å². The topological polar surface area (TPSA) is 83.1 Å². The smallest absolute Gasteiger partial charge is 0.317 e. The average molecular weight is 544 g/mol. The number of halogens is 1. The van der Waals surface area contributed by atoms with Crippen molar-refractivity contribution >= 4 is 6.03 Å². The Kier molecular flexibility index (Phi) is 12.0. The fourth-order valence-corrected chi connectivity index (χ4v) is 5.59. The van der Waals surface area contributed by atoms with Crippen LogP contribution < -0.4 is 15.4 Å². The van der Waals surface area contributed by atoms with Gasteiger partial charge in [-0.1, -0.05) is 44.2 Å². The fourth-order valence-electron chi connectivity index (χ4n) is 5.59. The van der Waals surface area contributed by atoms with Crippen LogP contribution >= 0.6 is 0 Å². The van der Waals surface area contributed by atoms with Gasteiger partial charge in [0.05, 0.1) is 5.60 Å². The lowest BCUT2D eigenvalue weighted by Gasteiger charge is -2.43. The summed E-state index contributed by atoms with van der Waals surface area (Å²) in [4.78, 5) is 15.1. The summed E-state index contributed by atoms with van der Waals surface area (Å²) in [7, 11) is 3.54. The summed E-state index contributed by atoms with van der Waals surface area (Å²) in [5.41, 5.74) is -0.967. The average Bonchev–Trinajstić information content (AvgIpc) is 2.92. The molecule has 2 amide bonds. The van der Waals surface area contributed by atoms with E-state index in [1.54, 1.807) is 36.3 Å². The molecule has 2 aromatic carbocycles. The van der Waals surface area contributed by atoms with Crippen molar-refractivity contribution in [3.05, 3.63) is 59.9 Å². The van der Waals surface area contributed by atoms with Crippen LogP contribution in [0.25, 0.3) is 0 Å². The van der Waals surface area contributed by atoms with Gasteiger partial charge in [0.25, 0.3) is 0 Å². The third-order valence-electron chi connectivity index (χ3n) is 7.47. The van der Waals surface area contributed by atoms with Crippen molar-refractivity contribution in [2.45, 2.75) is 64.0 Å². The summed E-state index contributed by atoms with van der Waals surface area (Å²) in [5, 5.41) is 18.8. The minimum Gasteiger partial charge on any atom is -0.454 e. The Morgan fingerprint density at radius 3 is 2.64 bits per heavy atom. The molecule has 7 nitrogen and oxygen atoms in total. The number of amides is 2. The second-order valence-corrected chi connectivity index (χ2v) is 11.0. The predicted molar refractivity (Wildman–Crippen MR) is 153 cm³/mol. The first-order valence-corrected chi connectivity index (χ1v) is 14.2. The van der Waals surface area contributed by atoms with Crippen LogP contribution in [0, 0.1) is 17.7 Å². The number of nitrogens with one attached hydrogen (secondary N) is 2. The van der Waals surface area contributed by atoms with Gasteiger partial charge in [-0.3, -0.25) is 0 Å². The summed E-state index contributed by atoms with van der Waals surface area (Å²) < 4.78 is 26.5. The lowest BCUT2D eigenvalue weighted by Crippen LogP contribution is -2.54. The lowest BCUT2D eigenvalue weighted by molar-refractivity contribution is -0.0577. The zero-order valence-electron chi connectivity index (χ0n) is 23.9. The van der Waals surface area contributed by atoms with E-state index in [4.69, 9.17) is 9.47 Å². The van der Waals surface area contributed by atoms with Crippen LogP contribution in [0.3, 0.4) is 0 Å². The van der Waals surface area contributed by atoms with Crippen molar-refractivity contribution in [3.63, 3.8) is 0 Å². The molecule has 39 heavy (non-hydrogen) atoms. The number of unbranched alkanes of at least 4 members (excludes halogenated alkanes) is 1. The first kappa shape index (κ1) is 30.9. The van der Waals surface area contributed by atoms with Crippen molar-refractivity contribution in [2.75, 3.05) is 40.4 Å². The summed E-state index contributed by atoms with van der Waals surface area (Å²) in [6.07, 6.45) is 4.20. The van der Waals surface area contributed by atoms with E-state index in [0.29, 0.717) is 56.3 Å². The first-order chi connectivity index (χ1) is 18.8. The standard InChI is InChI=1S/C31H46FN3O4/c1-23(2)20-25(21-33-3)34-30(36)35-18-11-12-24(22-35)31(37,17-8-9-19-38-4)27-15-10-16-28(32)29(27)39-26-13-6-5-7-14-26/h5-7,10,13-16,23-25,33,37H,8-9,11-12,17-22H2,1-4H3,(H,34,36). The molecule has 1 aliphatic rings. The summed E-state index contributed by atoms with van der Waals surface area (Å²) in [6.45, 7) is 6.55. The Bertz CT molecular complexity index is 1020. The van der Waals surface area contributed by atoms with Gasteiger partial charge in [0.15, 0.2) is 11.6 Å². The Labute approximate surface area is 233 Å². The van der Waals surface area contributed by atoms with Crippen LogP contribution in [-0.2, 0) is 10.3 Å². The molecule has 1 saturated heterocycles. The van der Waals surface area contributed by atoms with Gasteiger partial charge in [-0.2, -0.15) is 0 Å². The van der Waals surface area contributed by atoms with E-state index < -0.39 is 11.4 Å². The number of aliphatic hydroxyl groups is 1. The van der Waals surface area contributed by atoms with Crippen LogP contribution in [0.15, 0.2) is 48.5 Å². The monoisotopic (exact) mass is 543 g/mol. The number of likely N-dealkylation sites (tertiary alicyclic amines) is 1. The number of carbonyl (C=O) groups is 1. The Morgan fingerprint density at radius 2 is 1.95 bits per heavy atom. The molecule has 0 aromatic heterocycles. The minimum absolute atomic E-state index is 0.0184. The van der Waals surface area contributed by atoms with Gasteiger partial charge in [0.2, 0.25) is 0 Å². The quantitative estimate of drug-likeness (QED) is 0.267. The number of methoxy groups -OCH3 is 1. The van der Waals surface area contributed by atoms with Gasteiger partial charge in [-0.05, 0) is 69.7 Å². The number of likely N-dealkylation sites (N-methyl/N-ethyl adjacent to an activating group) is 1. The number of para-hydroxylation sites is 2.